The van der Waals surface area contributed by atoms with Crippen molar-refractivity contribution in [2.24, 2.45) is 7.05 Å². The highest BCUT2D eigenvalue weighted by molar-refractivity contribution is 7.92. The average molecular weight is 677 g/mol. The zero-order valence-corrected chi connectivity index (χ0v) is 25.7. The van der Waals surface area contributed by atoms with E-state index >= 15 is 4.39 Å². The van der Waals surface area contributed by atoms with E-state index in [1.807, 2.05) is 0 Å². The van der Waals surface area contributed by atoms with Crippen molar-refractivity contribution in [2.45, 2.75) is 25.4 Å². The molecule has 4 heterocycles. The van der Waals surface area contributed by atoms with Gasteiger partial charge < -0.3 is 10.4 Å². The smallest absolute Gasteiger partial charge is 0.329 e. The Morgan fingerprint density at radius 3 is 2.58 bits per heavy atom. The maximum absolute atomic E-state index is 15.4. The molecule has 4 amide bonds. The fraction of sp³-hybridized carbons (Fsp3) is 0.200. The zero-order chi connectivity index (χ0) is 34.1. The van der Waals surface area contributed by atoms with Crippen LogP contribution in [0.4, 0.5) is 15.8 Å². The van der Waals surface area contributed by atoms with Crippen LogP contribution in [0.3, 0.4) is 0 Å². The number of imidazole rings is 1. The van der Waals surface area contributed by atoms with Crippen LogP contribution < -0.4 is 25.4 Å². The standard InChI is InChI=1S/C30H25FN8O8S/c1-36-22-11-15(2-5-20(22)39(30(36)45)21-6-7-24(41)33-29(21)44)19-8-9-37(34-19)13-25(42)32-17-3-4-18-16(10-17)12-23(40)28(27(18)31)38-14-26(43)35-48(38,46)47/h2-5,8-12,21,40H,6-7,13-14H2,1H3,(H,32,42)(H,35,43)(H,33,41,44). The number of fused-ring (bicyclic) bond motifs is 2. The number of phenols is 1. The van der Waals surface area contributed by atoms with Crippen molar-refractivity contribution >= 4 is 67.0 Å². The number of aryl methyl sites for hydroxylation is 1. The third kappa shape index (κ3) is 5.11. The van der Waals surface area contributed by atoms with E-state index in [9.17, 15) is 37.5 Å². The number of rotatable bonds is 6. The van der Waals surface area contributed by atoms with Gasteiger partial charge in [0, 0.05) is 36.3 Å². The summed E-state index contributed by atoms with van der Waals surface area (Å²) in [5.41, 5.74) is 1.43. The number of hydrogen-bond acceptors (Lipinski definition) is 9. The van der Waals surface area contributed by atoms with E-state index < -0.39 is 63.5 Å². The first-order valence-electron chi connectivity index (χ1n) is 14.5. The van der Waals surface area contributed by atoms with Crippen LogP contribution in [-0.4, -0.2) is 62.6 Å². The Bertz CT molecular complexity index is 2410. The molecule has 0 spiro atoms. The number of nitrogens with zero attached hydrogens (tertiary/aromatic N) is 5. The van der Waals surface area contributed by atoms with Crippen molar-refractivity contribution in [3.63, 3.8) is 0 Å². The predicted molar refractivity (Wildman–Crippen MR) is 168 cm³/mol. The van der Waals surface area contributed by atoms with Gasteiger partial charge in [-0.05, 0) is 54.3 Å². The Hall–Kier alpha value is -6.04. The molecule has 1 unspecified atom stereocenters. The molecule has 4 N–H and O–H groups in total. The second-order valence-electron chi connectivity index (χ2n) is 11.4. The van der Waals surface area contributed by atoms with Gasteiger partial charge in [-0.15, -0.1) is 0 Å². The number of piperidine rings is 1. The summed E-state index contributed by atoms with van der Waals surface area (Å²) in [5.74, 6) is -4.02. The molecule has 16 nitrogen and oxygen atoms in total. The lowest BCUT2D eigenvalue weighted by molar-refractivity contribution is -0.135. The summed E-state index contributed by atoms with van der Waals surface area (Å²) in [6.45, 7) is -0.884. The van der Waals surface area contributed by atoms with Gasteiger partial charge in [0.2, 0.25) is 17.7 Å². The minimum atomic E-state index is -4.36. The van der Waals surface area contributed by atoms with E-state index in [1.165, 1.54) is 32.0 Å². The molecule has 18 heteroatoms. The molecule has 0 bridgehead atoms. The largest absolute Gasteiger partial charge is 0.506 e. The number of carbonyl (C=O) groups excluding carboxylic acids is 4. The molecule has 2 aliphatic heterocycles. The third-order valence-corrected chi connectivity index (χ3v) is 9.61. The van der Waals surface area contributed by atoms with Gasteiger partial charge in [0.05, 0.1) is 16.7 Å². The minimum Gasteiger partial charge on any atom is -0.506 e. The number of aromatic hydroxyl groups is 1. The lowest BCUT2D eigenvalue weighted by Crippen LogP contribution is -2.44. The number of benzene rings is 3. The molecule has 0 aliphatic carbocycles. The van der Waals surface area contributed by atoms with Gasteiger partial charge in [-0.2, -0.15) is 13.5 Å². The number of phenolic OH excluding ortho intramolecular Hbond substituents is 1. The normalized spacial score (nSPS) is 17.6. The van der Waals surface area contributed by atoms with Crippen LogP contribution in [-0.2, 0) is 43.0 Å². The summed E-state index contributed by atoms with van der Waals surface area (Å²) in [6.07, 6.45) is 1.93. The van der Waals surface area contributed by atoms with Gasteiger partial charge >= 0.3 is 15.9 Å². The maximum atomic E-state index is 15.4. The molecular formula is C30H25FN8O8S. The molecule has 5 aromatic rings. The minimum absolute atomic E-state index is 0.0472. The van der Waals surface area contributed by atoms with E-state index in [1.54, 1.807) is 42.2 Å². The van der Waals surface area contributed by atoms with Crippen LogP contribution in [0, 0.1) is 5.82 Å². The van der Waals surface area contributed by atoms with E-state index in [0.717, 1.165) is 6.07 Å². The van der Waals surface area contributed by atoms with E-state index in [2.05, 4.69) is 15.7 Å². The van der Waals surface area contributed by atoms with Gasteiger partial charge in [-0.1, -0.05) is 6.07 Å². The fourth-order valence-electron chi connectivity index (χ4n) is 6.00. The van der Waals surface area contributed by atoms with Gasteiger partial charge in [-0.25, -0.2) is 18.2 Å². The molecule has 3 aromatic carbocycles. The molecule has 246 valence electrons. The van der Waals surface area contributed by atoms with Crippen molar-refractivity contribution in [2.75, 3.05) is 16.2 Å². The third-order valence-electron chi connectivity index (χ3n) is 8.24. The van der Waals surface area contributed by atoms with Gasteiger partial charge in [0.25, 0.3) is 5.91 Å². The van der Waals surface area contributed by atoms with E-state index in [-0.39, 0.29) is 41.8 Å². The molecule has 2 fully saturated rings. The molecule has 2 saturated heterocycles. The van der Waals surface area contributed by atoms with Crippen LogP contribution in [0.25, 0.3) is 33.1 Å². The number of carbonyl (C=O) groups is 4. The van der Waals surface area contributed by atoms with Crippen molar-refractivity contribution < 1.29 is 37.1 Å². The molecule has 0 radical (unpaired) electrons. The lowest BCUT2D eigenvalue weighted by Gasteiger charge is -2.21. The Labute approximate surface area is 269 Å². The number of halogens is 1. The van der Waals surface area contributed by atoms with Crippen LogP contribution >= 0.6 is 0 Å². The highest BCUT2D eigenvalue weighted by atomic mass is 32.2. The first kappa shape index (κ1) is 30.6. The molecule has 1 atom stereocenters. The van der Waals surface area contributed by atoms with Crippen molar-refractivity contribution in [1.29, 1.82) is 0 Å². The first-order chi connectivity index (χ1) is 22.8. The lowest BCUT2D eigenvalue weighted by atomic mass is 10.1. The van der Waals surface area contributed by atoms with Crippen LogP contribution in [0.15, 0.2) is 59.5 Å². The SMILES string of the molecule is Cn1c(=O)n(C2CCC(=O)NC2=O)c2ccc(-c3ccn(CC(=O)Nc4ccc5c(F)c(N6CC(=O)NS6(=O)=O)c(O)cc5c4)n3)cc21. The Balaban J connectivity index is 1.08. The molecule has 2 aromatic heterocycles. The van der Waals surface area contributed by atoms with E-state index in [4.69, 9.17) is 0 Å². The number of imide groups is 1. The summed E-state index contributed by atoms with van der Waals surface area (Å²) in [7, 11) is -2.78. The molecule has 2 aliphatic rings. The summed E-state index contributed by atoms with van der Waals surface area (Å²) in [4.78, 5) is 61.6. The maximum Gasteiger partial charge on any atom is 0.329 e. The van der Waals surface area contributed by atoms with Gasteiger partial charge in [-0.3, -0.25) is 38.3 Å². The number of anilines is 2. The average Bonchev–Trinajstić information content (AvgIpc) is 3.66. The van der Waals surface area contributed by atoms with Crippen LogP contribution in [0.2, 0.25) is 0 Å². The Kier molecular flexibility index (Phi) is 7.04. The van der Waals surface area contributed by atoms with Gasteiger partial charge in [0.1, 0.15) is 30.6 Å². The van der Waals surface area contributed by atoms with Crippen LogP contribution in [0.5, 0.6) is 5.75 Å². The number of nitrogens with one attached hydrogen (secondary N) is 3. The van der Waals surface area contributed by atoms with E-state index in [0.29, 0.717) is 26.6 Å². The van der Waals surface area contributed by atoms with Gasteiger partial charge in [0.15, 0.2) is 5.82 Å². The topological polar surface area (TPSA) is 207 Å². The Morgan fingerprint density at radius 1 is 1.06 bits per heavy atom. The summed E-state index contributed by atoms with van der Waals surface area (Å²) < 4.78 is 46.1. The fourth-order valence-corrected chi connectivity index (χ4v) is 7.17. The highest BCUT2D eigenvalue weighted by Crippen LogP contribution is 2.39. The zero-order valence-electron chi connectivity index (χ0n) is 24.9. The predicted octanol–water partition coefficient (Wildman–Crippen LogP) is 0.999. The first-order valence-corrected chi connectivity index (χ1v) is 15.9. The summed E-state index contributed by atoms with van der Waals surface area (Å²) in [5, 5.41) is 20.0. The van der Waals surface area contributed by atoms with Crippen molar-refractivity contribution in [3.05, 3.63) is 71.0 Å². The molecular weight excluding hydrogens is 651 g/mol. The van der Waals surface area contributed by atoms with Crippen LogP contribution in [0.1, 0.15) is 18.9 Å². The molecule has 48 heavy (non-hydrogen) atoms. The number of hydrogen-bond donors (Lipinski definition) is 4. The number of aromatic nitrogens is 4. The van der Waals surface area contributed by atoms with Crippen molar-refractivity contribution in [3.8, 4) is 17.0 Å². The summed E-state index contributed by atoms with van der Waals surface area (Å²) >= 11 is 0. The summed E-state index contributed by atoms with van der Waals surface area (Å²) in [6, 6.07) is 11.3. The number of amides is 4. The molecule has 7 rings (SSSR count). The second-order valence-corrected chi connectivity index (χ2v) is 13.0. The Morgan fingerprint density at radius 2 is 1.85 bits per heavy atom. The molecule has 0 saturated carbocycles. The monoisotopic (exact) mass is 676 g/mol. The highest BCUT2D eigenvalue weighted by Gasteiger charge is 2.38. The quantitative estimate of drug-likeness (QED) is 0.189. The second kappa shape index (κ2) is 11.0. The van der Waals surface area contributed by atoms with Crippen molar-refractivity contribution in [1.82, 2.24) is 29.0 Å².